The van der Waals surface area contributed by atoms with Gasteiger partial charge in [0.1, 0.15) is 5.82 Å². The molecule has 0 atom stereocenters. The molecule has 6 heteroatoms. The summed E-state index contributed by atoms with van der Waals surface area (Å²) < 4.78 is 5.33. The first-order chi connectivity index (χ1) is 9.81. The first kappa shape index (κ1) is 12.9. The maximum Gasteiger partial charge on any atom is 0.222 e. The normalized spacial score (nSPS) is 16.1. The van der Waals surface area contributed by atoms with Crippen LogP contribution in [-0.4, -0.2) is 39.2 Å². The van der Waals surface area contributed by atoms with Crippen LogP contribution < -0.4 is 5.32 Å². The third kappa shape index (κ3) is 3.08. The van der Waals surface area contributed by atoms with Gasteiger partial charge in [-0.25, -0.2) is 19.9 Å². The molecule has 0 aliphatic carbocycles. The molecule has 3 rings (SSSR count). The van der Waals surface area contributed by atoms with E-state index in [1.54, 1.807) is 24.8 Å². The number of ether oxygens (including phenoxy) is 1. The van der Waals surface area contributed by atoms with E-state index in [1.165, 1.54) is 0 Å². The fourth-order valence-electron chi connectivity index (χ4n) is 2.12. The standard InChI is InChI=1S/C14H17N5O/c1-10-15-6-11(7-16-10)12-8-17-14(18-9-12)19-13-2-4-20-5-3-13/h6-9,13H,2-5H2,1H3,(H,17,18,19). The van der Waals surface area contributed by atoms with Gasteiger partial charge in [-0.2, -0.15) is 0 Å². The van der Waals surface area contributed by atoms with Gasteiger partial charge in [0.15, 0.2) is 0 Å². The van der Waals surface area contributed by atoms with E-state index < -0.39 is 0 Å². The Balaban J connectivity index is 1.69. The first-order valence-electron chi connectivity index (χ1n) is 6.76. The molecule has 2 aromatic rings. The van der Waals surface area contributed by atoms with E-state index in [0.717, 1.165) is 43.0 Å². The van der Waals surface area contributed by atoms with Crippen molar-refractivity contribution in [1.29, 1.82) is 0 Å². The molecule has 0 saturated carbocycles. The Morgan fingerprint density at radius 1 is 0.950 bits per heavy atom. The van der Waals surface area contributed by atoms with Gasteiger partial charge >= 0.3 is 0 Å². The zero-order valence-corrected chi connectivity index (χ0v) is 11.4. The van der Waals surface area contributed by atoms with E-state index in [9.17, 15) is 0 Å². The smallest absolute Gasteiger partial charge is 0.222 e. The lowest BCUT2D eigenvalue weighted by atomic mass is 10.1. The van der Waals surface area contributed by atoms with Crippen LogP contribution in [0.25, 0.3) is 11.1 Å². The SMILES string of the molecule is Cc1ncc(-c2cnc(NC3CCOCC3)nc2)cn1. The van der Waals surface area contributed by atoms with Gasteiger partial charge in [0, 0.05) is 55.2 Å². The van der Waals surface area contributed by atoms with Crippen molar-refractivity contribution in [3.05, 3.63) is 30.6 Å². The molecule has 0 spiro atoms. The Bertz CT molecular complexity index is 549. The van der Waals surface area contributed by atoms with Crippen LogP contribution >= 0.6 is 0 Å². The summed E-state index contributed by atoms with van der Waals surface area (Å²) in [5, 5.41) is 3.34. The van der Waals surface area contributed by atoms with Crippen LogP contribution in [0, 0.1) is 6.92 Å². The Kier molecular flexibility index (Phi) is 3.83. The van der Waals surface area contributed by atoms with Crippen LogP contribution in [0.4, 0.5) is 5.95 Å². The molecule has 1 N–H and O–H groups in total. The third-order valence-electron chi connectivity index (χ3n) is 3.32. The highest BCUT2D eigenvalue weighted by Gasteiger charge is 2.14. The van der Waals surface area contributed by atoms with Gasteiger partial charge < -0.3 is 10.1 Å². The Labute approximate surface area is 117 Å². The van der Waals surface area contributed by atoms with Crippen LogP contribution in [0.5, 0.6) is 0 Å². The van der Waals surface area contributed by atoms with Crippen molar-refractivity contribution in [3.63, 3.8) is 0 Å². The molecule has 1 aliphatic rings. The number of anilines is 1. The van der Waals surface area contributed by atoms with E-state index >= 15 is 0 Å². The second-order valence-electron chi connectivity index (χ2n) is 4.85. The highest BCUT2D eigenvalue weighted by molar-refractivity contribution is 5.59. The highest BCUT2D eigenvalue weighted by Crippen LogP contribution is 2.17. The van der Waals surface area contributed by atoms with Crippen LogP contribution in [0.2, 0.25) is 0 Å². The number of hydrogen-bond donors (Lipinski definition) is 1. The van der Waals surface area contributed by atoms with Crippen LogP contribution in [0.15, 0.2) is 24.8 Å². The molecule has 1 saturated heterocycles. The Hall–Kier alpha value is -2.08. The van der Waals surface area contributed by atoms with E-state index in [1.807, 2.05) is 6.92 Å². The minimum atomic E-state index is 0.400. The second-order valence-corrected chi connectivity index (χ2v) is 4.85. The number of rotatable bonds is 3. The van der Waals surface area contributed by atoms with Gasteiger partial charge in [0.2, 0.25) is 5.95 Å². The van der Waals surface area contributed by atoms with Crippen LogP contribution in [0.1, 0.15) is 18.7 Å². The number of aromatic nitrogens is 4. The molecule has 20 heavy (non-hydrogen) atoms. The summed E-state index contributed by atoms with van der Waals surface area (Å²) in [6.45, 7) is 3.47. The molecule has 1 fully saturated rings. The maximum atomic E-state index is 5.33. The second kappa shape index (κ2) is 5.92. The van der Waals surface area contributed by atoms with Crippen molar-refractivity contribution >= 4 is 5.95 Å². The summed E-state index contributed by atoms with van der Waals surface area (Å²) in [6, 6.07) is 0.400. The van der Waals surface area contributed by atoms with Gasteiger partial charge in [-0.05, 0) is 19.8 Å². The van der Waals surface area contributed by atoms with Crippen molar-refractivity contribution in [1.82, 2.24) is 19.9 Å². The maximum absolute atomic E-state index is 5.33. The summed E-state index contributed by atoms with van der Waals surface area (Å²) in [6.07, 6.45) is 9.15. The summed E-state index contributed by atoms with van der Waals surface area (Å²) in [7, 11) is 0. The molecule has 2 aromatic heterocycles. The zero-order chi connectivity index (χ0) is 13.8. The predicted octanol–water partition coefficient (Wildman–Crippen LogP) is 1.83. The lowest BCUT2D eigenvalue weighted by Crippen LogP contribution is -2.28. The quantitative estimate of drug-likeness (QED) is 0.918. The van der Waals surface area contributed by atoms with Gasteiger partial charge in [0.25, 0.3) is 0 Å². The van der Waals surface area contributed by atoms with E-state index in [2.05, 4.69) is 25.3 Å². The fourth-order valence-corrected chi connectivity index (χ4v) is 2.12. The lowest BCUT2D eigenvalue weighted by molar-refractivity contribution is 0.0903. The van der Waals surface area contributed by atoms with Crippen molar-refractivity contribution in [2.45, 2.75) is 25.8 Å². The van der Waals surface area contributed by atoms with Gasteiger partial charge in [-0.1, -0.05) is 0 Å². The molecule has 0 amide bonds. The zero-order valence-electron chi connectivity index (χ0n) is 11.4. The number of nitrogens with one attached hydrogen (secondary N) is 1. The average molecular weight is 271 g/mol. The minimum Gasteiger partial charge on any atom is -0.381 e. The van der Waals surface area contributed by atoms with Gasteiger partial charge in [-0.3, -0.25) is 0 Å². The summed E-state index contributed by atoms with van der Waals surface area (Å²) in [5.41, 5.74) is 1.84. The molecule has 104 valence electrons. The van der Waals surface area contributed by atoms with Crippen LogP contribution in [-0.2, 0) is 4.74 Å². The van der Waals surface area contributed by atoms with E-state index in [0.29, 0.717) is 12.0 Å². The van der Waals surface area contributed by atoms with Crippen LogP contribution in [0.3, 0.4) is 0 Å². The molecule has 0 unspecified atom stereocenters. The molecule has 3 heterocycles. The number of nitrogens with zero attached hydrogens (tertiary/aromatic N) is 4. The monoisotopic (exact) mass is 271 g/mol. The Morgan fingerprint density at radius 3 is 2.10 bits per heavy atom. The largest absolute Gasteiger partial charge is 0.381 e. The summed E-state index contributed by atoms with van der Waals surface area (Å²) >= 11 is 0. The lowest BCUT2D eigenvalue weighted by Gasteiger charge is -2.22. The van der Waals surface area contributed by atoms with Crippen molar-refractivity contribution in [2.24, 2.45) is 0 Å². The molecule has 6 nitrogen and oxygen atoms in total. The number of aryl methyl sites for hydroxylation is 1. The van der Waals surface area contributed by atoms with Gasteiger partial charge in [0.05, 0.1) is 0 Å². The van der Waals surface area contributed by atoms with E-state index in [-0.39, 0.29) is 0 Å². The highest BCUT2D eigenvalue weighted by atomic mass is 16.5. The molecule has 0 bridgehead atoms. The van der Waals surface area contributed by atoms with Crippen molar-refractivity contribution in [2.75, 3.05) is 18.5 Å². The fraction of sp³-hybridized carbons (Fsp3) is 0.429. The van der Waals surface area contributed by atoms with Crippen molar-refractivity contribution in [3.8, 4) is 11.1 Å². The first-order valence-corrected chi connectivity index (χ1v) is 6.76. The molecule has 0 radical (unpaired) electrons. The minimum absolute atomic E-state index is 0.400. The average Bonchev–Trinajstić information content (AvgIpc) is 2.50. The third-order valence-corrected chi connectivity index (χ3v) is 3.32. The predicted molar refractivity (Wildman–Crippen MR) is 75.3 cm³/mol. The number of hydrogen-bond acceptors (Lipinski definition) is 6. The Morgan fingerprint density at radius 2 is 1.50 bits per heavy atom. The summed E-state index contributed by atoms with van der Waals surface area (Å²) in [4.78, 5) is 17.1. The molecular formula is C14H17N5O. The van der Waals surface area contributed by atoms with Crippen molar-refractivity contribution < 1.29 is 4.74 Å². The van der Waals surface area contributed by atoms with E-state index in [4.69, 9.17) is 4.74 Å². The summed E-state index contributed by atoms with van der Waals surface area (Å²) in [5.74, 6) is 1.42. The molecule has 1 aliphatic heterocycles. The van der Waals surface area contributed by atoms with Gasteiger partial charge in [-0.15, -0.1) is 0 Å². The topological polar surface area (TPSA) is 72.8 Å². The molecular weight excluding hydrogens is 254 g/mol. The molecule has 0 aromatic carbocycles.